The number of nitrogens with one attached hydrogen (secondary N) is 1. The summed E-state index contributed by atoms with van der Waals surface area (Å²) in [4.78, 5) is 29.0. The molecule has 0 bridgehead atoms. The van der Waals surface area contributed by atoms with Gasteiger partial charge in [0, 0.05) is 31.4 Å². The molecular weight excluding hydrogens is 334 g/mol. The molecule has 0 aliphatic carbocycles. The number of fused-ring (bicyclic) bond motifs is 3. The Morgan fingerprint density at radius 1 is 1.38 bits per heavy atom. The maximum atomic E-state index is 12.6. The van der Waals surface area contributed by atoms with Gasteiger partial charge in [-0.15, -0.1) is 0 Å². The van der Waals surface area contributed by atoms with Crippen molar-refractivity contribution in [1.29, 1.82) is 0 Å². The van der Waals surface area contributed by atoms with Crippen LogP contribution in [0, 0.1) is 5.92 Å². The van der Waals surface area contributed by atoms with Gasteiger partial charge < -0.3 is 15.0 Å². The Morgan fingerprint density at radius 3 is 2.92 bits per heavy atom. The highest BCUT2D eigenvalue weighted by Crippen LogP contribution is 2.11. The number of nitrogens with zero attached hydrogens (tertiary/aromatic N) is 4. The summed E-state index contributed by atoms with van der Waals surface area (Å²) in [6.07, 6.45) is 5.86. The highest BCUT2D eigenvalue weighted by atomic mass is 16.3. The molecule has 3 rings (SSSR count). The molecule has 2 atom stereocenters. The zero-order chi connectivity index (χ0) is 18.7. The molecule has 0 radical (unpaired) electrons. The molecule has 0 unspecified atom stereocenters. The molecule has 138 valence electrons. The highest BCUT2D eigenvalue weighted by Gasteiger charge is 2.17. The largest absolute Gasteiger partial charge is 0.394 e. The number of rotatable bonds is 7. The number of carbonyl (C=O) groups excluding carboxylic acids is 1. The summed E-state index contributed by atoms with van der Waals surface area (Å²) >= 11 is 0. The molecule has 3 heterocycles. The zero-order valence-electron chi connectivity index (χ0n) is 14.9. The van der Waals surface area contributed by atoms with Gasteiger partial charge in [0.15, 0.2) is 5.65 Å². The Hall–Kier alpha value is -2.74. The minimum Gasteiger partial charge on any atom is -0.394 e. The van der Waals surface area contributed by atoms with E-state index in [1.165, 1.54) is 10.8 Å². The molecule has 8 heteroatoms. The first-order chi connectivity index (χ1) is 12.5. The number of aryl methyl sites for hydroxylation is 1. The third-order valence-corrected chi connectivity index (χ3v) is 4.81. The molecule has 0 saturated carbocycles. The number of amides is 1. The lowest BCUT2D eigenvalue weighted by atomic mass is 10.00. The Morgan fingerprint density at radius 2 is 2.19 bits per heavy atom. The summed E-state index contributed by atoms with van der Waals surface area (Å²) in [5.41, 5.74) is 1.15. The fourth-order valence-electron chi connectivity index (χ4n) is 2.93. The van der Waals surface area contributed by atoms with Crippen molar-refractivity contribution in [3.05, 3.63) is 41.1 Å². The standard InChI is InChI=1S/C18H23N5O3/c1-3-12(2)14(11-24)21-17(25)6-9-22-8-5-15-13(18(22)26)10-19-16-4-7-20-23(15)16/h4-5,7-8,10,12,14,24H,3,6,9,11H2,1-2H3,(H,21,25)/t12-,14+/m0/s1. The third kappa shape index (κ3) is 3.45. The fourth-order valence-corrected chi connectivity index (χ4v) is 2.93. The van der Waals surface area contributed by atoms with Crippen molar-refractivity contribution in [3.8, 4) is 0 Å². The molecule has 0 saturated heterocycles. The van der Waals surface area contributed by atoms with E-state index in [0.29, 0.717) is 16.6 Å². The van der Waals surface area contributed by atoms with Crippen LogP contribution in [0.1, 0.15) is 26.7 Å². The smallest absolute Gasteiger partial charge is 0.261 e. The van der Waals surface area contributed by atoms with Gasteiger partial charge in [0.25, 0.3) is 5.56 Å². The van der Waals surface area contributed by atoms with Crippen molar-refractivity contribution in [2.75, 3.05) is 6.61 Å². The van der Waals surface area contributed by atoms with Crippen LogP contribution in [0.5, 0.6) is 0 Å². The van der Waals surface area contributed by atoms with Gasteiger partial charge >= 0.3 is 0 Å². The van der Waals surface area contributed by atoms with Crippen LogP contribution in [-0.4, -0.2) is 42.8 Å². The molecule has 0 fully saturated rings. The van der Waals surface area contributed by atoms with Crippen LogP contribution in [-0.2, 0) is 11.3 Å². The van der Waals surface area contributed by atoms with Crippen LogP contribution in [0.4, 0.5) is 0 Å². The number of carbonyl (C=O) groups is 1. The van der Waals surface area contributed by atoms with Crippen LogP contribution in [0.3, 0.4) is 0 Å². The Balaban J connectivity index is 1.75. The average molecular weight is 357 g/mol. The van der Waals surface area contributed by atoms with Crippen LogP contribution < -0.4 is 10.9 Å². The number of aliphatic hydroxyl groups is 1. The summed E-state index contributed by atoms with van der Waals surface area (Å²) in [6.45, 7) is 4.16. The van der Waals surface area contributed by atoms with E-state index in [0.717, 1.165) is 6.42 Å². The van der Waals surface area contributed by atoms with Gasteiger partial charge in [-0.3, -0.25) is 9.59 Å². The van der Waals surface area contributed by atoms with Crippen molar-refractivity contribution in [1.82, 2.24) is 24.5 Å². The second-order valence-corrected chi connectivity index (χ2v) is 6.46. The number of hydrogen-bond acceptors (Lipinski definition) is 5. The summed E-state index contributed by atoms with van der Waals surface area (Å²) < 4.78 is 3.11. The highest BCUT2D eigenvalue weighted by molar-refractivity contribution is 5.79. The van der Waals surface area contributed by atoms with Gasteiger partial charge in [0.2, 0.25) is 5.91 Å². The molecule has 0 spiro atoms. The summed E-state index contributed by atoms with van der Waals surface area (Å²) in [7, 11) is 0. The van der Waals surface area contributed by atoms with Crippen LogP contribution in [0.2, 0.25) is 0 Å². The first-order valence-corrected chi connectivity index (χ1v) is 8.77. The van der Waals surface area contributed by atoms with Gasteiger partial charge in [0.05, 0.1) is 29.7 Å². The number of aliphatic hydroxyl groups excluding tert-OH is 1. The molecule has 26 heavy (non-hydrogen) atoms. The van der Waals surface area contributed by atoms with Crippen molar-refractivity contribution in [2.45, 2.75) is 39.3 Å². The van der Waals surface area contributed by atoms with Gasteiger partial charge in [-0.2, -0.15) is 5.10 Å². The second-order valence-electron chi connectivity index (χ2n) is 6.46. The van der Waals surface area contributed by atoms with Crippen molar-refractivity contribution in [2.24, 2.45) is 5.92 Å². The molecule has 3 aromatic rings. The molecule has 2 N–H and O–H groups in total. The maximum absolute atomic E-state index is 12.6. The summed E-state index contributed by atoms with van der Waals surface area (Å²) in [5, 5.41) is 16.9. The lowest BCUT2D eigenvalue weighted by Gasteiger charge is -2.22. The number of aromatic nitrogens is 4. The van der Waals surface area contributed by atoms with E-state index < -0.39 is 0 Å². The van der Waals surface area contributed by atoms with E-state index in [9.17, 15) is 14.7 Å². The van der Waals surface area contributed by atoms with E-state index >= 15 is 0 Å². The van der Waals surface area contributed by atoms with Crippen molar-refractivity contribution in [3.63, 3.8) is 0 Å². The zero-order valence-corrected chi connectivity index (χ0v) is 14.9. The lowest BCUT2D eigenvalue weighted by Crippen LogP contribution is -2.42. The predicted octanol–water partition coefficient (Wildman–Crippen LogP) is 0.957. The van der Waals surface area contributed by atoms with Crippen molar-refractivity contribution < 1.29 is 9.90 Å². The summed E-state index contributed by atoms with van der Waals surface area (Å²) in [6, 6.07) is 3.30. The SMILES string of the molecule is CC[C@H](C)[C@@H](CO)NC(=O)CCn1ccc2c(cnc3ccnn32)c1=O. The van der Waals surface area contributed by atoms with E-state index in [4.69, 9.17) is 0 Å². The quantitative estimate of drug-likeness (QED) is 0.656. The Kier molecular flexibility index (Phi) is 5.32. The molecule has 0 aromatic carbocycles. The van der Waals surface area contributed by atoms with Gasteiger partial charge in [0.1, 0.15) is 0 Å². The van der Waals surface area contributed by atoms with Gasteiger partial charge in [-0.25, -0.2) is 9.50 Å². The molecule has 3 aromatic heterocycles. The maximum Gasteiger partial charge on any atom is 0.261 e. The number of pyridine rings is 1. The molecular formula is C18H23N5O3. The molecule has 1 amide bonds. The van der Waals surface area contributed by atoms with Gasteiger partial charge in [-0.05, 0) is 12.0 Å². The first kappa shape index (κ1) is 18.1. The van der Waals surface area contributed by atoms with Crippen LogP contribution >= 0.6 is 0 Å². The van der Waals surface area contributed by atoms with Gasteiger partial charge in [-0.1, -0.05) is 20.3 Å². The Bertz CT molecular complexity index is 978. The van der Waals surface area contributed by atoms with Crippen molar-refractivity contribution >= 4 is 22.5 Å². The molecule has 0 aliphatic rings. The van der Waals surface area contributed by atoms with Crippen LogP contribution in [0.15, 0.2) is 35.5 Å². The predicted molar refractivity (Wildman–Crippen MR) is 97.8 cm³/mol. The van der Waals surface area contributed by atoms with E-state index in [2.05, 4.69) is 15.4 Å². The number of hydrogen-bond donors (Lipinski definition) is 2. The topological polar surface area (TPSA) is 102 Å². The lowest BCUT2D eigenvalue weighted by molar-refractivity contribution is -0.122. The average Bonchev–Trinajstić information content (AvgIpc) is 3.14. The second kappa shape index (κ2) is 7.65. The minimum absolute atomic E-state index is 0.0950. The van der Waals surface area contributed by atoms with E-state index in [-0.39, 0.29) is 43.0 Å². The third-order valence-electron chi connectivity index (χ3n) is 4.81. The molecule has 0 aliphatic heterocycles. The molecule has 8 nitrogen and oxygen atoms in total. The van der Waals surface area contributed by atoms with E-state index in [1.807, 2.05) is 13.8 Å². The summed E-state index contributed by atoms with van der Waals surface area (Å²) in [5.74, 6) is 0.00638. The monoisotopic (exact) mass is 357 g/mol. The Labute approximate surface area is 150 Å². The normalized spacial score (nSPS) is 13.8. The fraction of sp³-hybridized carbons (Fsp3) is 0.444. The first-order valence-electron chi connectivity index (χ1n) is 8.77. The van der Waals surface area contributed by atoms with E-state index in [1.54, 1.807) is 29.0 Å². The van der Waals surface area contributed by atoms with Crippen LogP contribution in [0.25, 0.3) is 16.6 Å². The minimum atomic E-state index is -0.266.